The number of carbonyl (C=O) groups is 3. The molecule has 0 aliphatic carbocycles. The highest BCUT2D eigenvalue weighted by Gasteiger charge is 2.14. The van der Waals surface area contributed by atoms with Crippen LogP contribution in [0.25, 0.3) is 6.08 Å². The van der Waals surface area contributed by atoms with E-state index in [-0.39, 0.29) is 17.3 Å². The third-order valence-electron chi connectivity index (χ3n) is 4.21. The number of benzene rings is 2. The van der Waals surface area contributed by atoms with E-state index in [0.29, 0.717) is 17.7 Å². The third-order valence-corrected chi connectivity index (χ3v) is 4.21. The topological polar surface area (TPSA) is 99.5 Å². The summed E-state index contributed by atoms with van der Waals surface area (Å²) in [7, 11) is 3.83. The van der Waals surface area contributed by atoms with E-state index in [2.05, 4.69) is 5.32 Å². The summed E-state index contributed by atoms with van der Waals surface area (Å²) in [6.07, 6.45) is 1.42. The van der Waals surface area contributed by atoms with Crippen molar-refractivity contribution in [3.8, 4) is 6.07 Å². The standard InChI is InChI=1S/C23H23N3O4/c1-16(27)25-14-18-4-8-19(9-5-18)22(28)15-30-23(29)20(13-24)12-17-6-10-21(11-7-17)26(2)3/h4-12H,14-15H2,1-3H3,(H,25,27)/b20-12+. The molecule has 2 aromatic rings. The van der Waals surface area contributed by atoms with Gasteiger partial charge in [0.05, 0.1) is 0 Å². The number of ketones is 1. The molecule has 0 aromatic heterocycles. The minimum Gasteiger partial charge on any atom is -0.453 e. The van der Waals surface area contributed by atoms with Gasteiger partial charge in [-0.15, -0.1) is 0 Å². The Morgan fingerprint density at radius 3 is 2.23 bits per heavy atom. The molecule has 0 atom stereocenters. The number of nitriles is 1. The molecule has 0 fully saturated rings. The first-order valence-electron chi connectivity index (χ1n) is 9.23. The van der Waals surface area contributed by atoms with E-state index in [1.165, 1.54) is 13.0 Å². The summed E-state index contributed by atoms with van der Waals surface area (Å²) in [4.78, 5) is 37.3. The van der Waals surface area contributed by atoms with E-state index in [1.54, 1.807) is 36.4 Å². The summed E-state index contributed by atoms with van der Waals surface area (Å²) in [5, 5.41) is 11.9. The molecule has 7 nitrogen and oxygen atoms in total. The zero-order valence-electron chi connectivity index (χ0n) is 17.1. The van der Waals surface area contributed by atoms with Crippen molar-refractivity contribution in [2.75, 3.05) is 25.6 Å². The summed E-state index contributed by atoms with van der Waals surface area (Å²) in [5.74, 6) is -1.39. The molecular weight excluding hydrogens is 382 g/mol. The first-order valence-corrected chi connectivity index (χ1v) is 9.23. The molecule has 2 rings (SSSR count). The molecule has 154 valence electrons. The molecular formula is C23H23N3O4. The van der Waals surface area contributed by atoms with Gasteiger partial charge in [-0.3, -0.25) is 9.59 Å². The number of hydrogen-bond acceptors (Lipinski definition) is 6. The first kappa shape index (κ1) is 22.4. The van der Waals surface area contributed by atoms with Crippen LogP contribution in [-0.2, 0) is 20.9 Å². The molecule has 1 N–H and O–H groups in total. The van der Waals surface area contributed by atoms with Crippen LogP contribution in [0, 0.1) is 11.3 Å². The van der Waals surface area contributed by atoms with Crippen LogP contribution >= 0.6 is 0 Å². The molecule has 0 spiro atoms. The number of nitrogens with zero attached hydrogens (tertiary/aromatic N) is 2. The van der Waals surface area contributed by atoms with Gasteiger partial charge in [0.1, 0.15) is 11.6 Å². The Kier molecular flexibility index (Phi) is 7.89. The molecule has 0 saturated carbocycles. The Morgan fingerprint density at radius 1 is 1.07 bits per heavy atom. The lowest BCUT2D eigenvalue weighted by Gasteiger charge is -2.11. The number of ether oxygens (including phenoxy) is 1. The predicted molar refractivity (Wildman–Crippen MR) is 114 cm³/mol. The van der Waals surface area contributed by atoms with Gasteiger partial charge in [0.2, 0.25) is 5.91 Å². The van der Waals surface area contributed by atoms with Crippen molar-refractivity contribution in [1.82, 2.24) is 5.32 Å². The van der Waals surface area contributed by atoms with Crippen molar-refractivity contribution >= 4 is 29.4 Å². The molecule has 0 radical (unpaired) electrons. The Balaban J connectivity index is 1.96. The normalized spacial score (nSPS) is 10.7. The molecule has 0 aliphatic heterocycles. The maximum absolute atomic E-state index is 12.2. The molecule has 30 heavy (non-hydrogen) atoms. The minimum absolute atomic E-state index is 0.142. The SMILES string of the molecule is CC(=O)NCc1ccc(C(=O)COC(=O)/C(C#N)=C/c2ccc(N(C)C)cc2)cc1. The van der Waals surface area contributed by atoms with Crippen molar-refractivity contribution in [2.45, 2.75) is 13.5 Å². The van der Waals surface area contributed by atoms with Crippen molar-refractivity contribution < 1.29 is 19.1 Å². The van der Waals surface area contributed by atoms with Gasteiger partial charge in [0, 0.05) is 38.8 Å². The molecule has 1 amide bonds. The zero-order chi connectivity index (χ0) is 22.1. The van der Waals surface area contributed by atoms with E-state index in [9.17, 15) is 19.6 Å². The fourth-order valence-electron chi connectivity index (χ4n) is 2.50. The van der Waals surface area contributed by atoms with E-state index in [1.807, 2.05) is 37.2 Å². The van der Waals surface area contributed by atoms with Gasteiger partial charge in [-0.05, 0) is 29.3 Å². The third kappa shape index (κ3) is 6.60. The van der Waals surface area contributed by atoms with Crippen molar-refractivity contribution in [3.05, 3.63) is 70.8 Å². The second-order valence-electron chi connectivity index (χ2n) is 6.76. The second kappa shape index (κ2) is 10.6. The molecule has 0 heterocycles. The van der Waals surface area contributed by atoms with Crippen LogP contribution in [0.4, 0.5) is 5.69 Å². The highest BCUT2D eigenvalue weighted by Crippen LogP contribution is 2.15. The van der Waals surface area contributed by atoms with E-state index >= 15 is 0 Å². The fraction of sp³-hybridized carbons (Fsp3) is 0.217. The second-order valence-corrected chi connectivity index (χ2v) is 6.76. The molecule has 0 saturated heterocycles. The van der Waals surface area contributed by atoms with Crippen LogP contribution < -0.4 is 10.2 Å². The largest absolute Gasteiger partial charge is 0.453 e. The monoisotopic (exact) mass is 405 g/mol. The van der Waals surface area contributed by atoms with Crippen LogP contribution in [-0.4, -0.2) is 38.4 Å². The van der Waals surface area contributed by atoms with Crippen LogP contribution in [0.3, 0.4) is 0 Å². The summed E-state index contributed by atoms with van der Waals surface area (Å²) in [5.41, 5.74) is 2.69. The minimum atomic E-state index is -0.857. The predicted octanol–water partition coefficient (Wildman–Crippen LogP) is 2.72. The van der Waals surface area contributed by atoms with Crippen molar-refractivity contribution in [1.29, 1.82) is 5.26 Å². The van der Waals surface area contributed by atoms with Gasteiger partial charge in [-0.25, -0.2) is 4.79 Å². The summed E-state index contributed by atoms with van der Waals surface area (Å²) >= 11 is 0. The number of anilines is 1. The Bertz CT molecular complexity index is 985. The molecule has 0 bridgehead atoms. The van der Waals surface area contributed by atoms with E-state index in [0.717, 1.165) is 11.3 Å². The smallest absolute Gasteiger partial charge is 0.349 e. The van der Waals surface area contributed by atoms with E-state index < -0.39 is 12.6 Å². The zero-order valence-corrected chi connectivity index (χ0v) is 17.1. The Morgan fingerprint density at radius 2 is 1.70 bits per heavy atom. The lowest BCUT2D eigenvalue weighted by Crippen LogP contribution is -2.19. The summed E-state index contributed by atoms with van der Waals surface area (Å²) in [6.45, 7) is 1.32. The highest BCUT2D eigenvalue weighted by molar-refractivity contribution is 6.01. The Labute approximate surface area is 175 Å². The summed E-state index contributed by atoms with van der Waals surface area (Å²) in [6, 6.07) is 15.7. The van der Waals surface area contributed by atoms with Gasteiger partial charge >= 0.3 is 5.97 Å². The first-order chi connectivity index (χ1) is 14.3. The summed E-state index contributed by atoms with van der Waals surface area (Å²) < 4.78 is 5.01. The number of carbonyl (C=O) groups excluding carboxylic acids is 3. The van der Waals surface area contributed by atoms with Gasteiger partial charge in [-0.1, -0.05) is 36.4 Å². The van der Waals surface area contributed by atoms with Gasteiger partial charge < -0.3 is 15.0 Å². The molecule has 0 unspecified atom stereocenters. The quantitative estimate of drug-likeness (QED) is 0.314. The van der Waals surface area contributed by atoms with E-state index in [4.69, 9.17) is 4.74 Å². The van der Waals surface area contributed by atoms with Gasteiger partial charge in [-0.2, -0.15) is 5.26 Å². The van der Waals surface area contributed by atoms with Gasteiger partial charge in [0.25, 0.3) is 0 Å². The lowest BCUT2D eigenvalue weighted by molar-refractivity contribution is -0.137. The average Bonchev–Trinajstić information content (AvgIpc) is 2.74. The number of Topliss-reactive ketones (excluding diaryl/α,β-unsaturated/α-hetero) is 1. The maximum Gasteiger partial charge on any atom is 0.349 e. The number of amides is 1. The maximum atomic E-state index is 12.2. The fourth-order valence-corrected chi connectivity index (χ4v) is 2.50. The lowest BCUT2D eigenvalue weighted by atomic mass is 10.1. The number of esters is 1. The highest BCUT2D eigenvalue weighted by atomic mass is 16.5. The molecule has 7 heteroatoms. The molecule has 2 aromatic carbocycles. The Hall–Kier alpha value is -3.92. The average molecular weight is 405 g/mol. The molecule has 0 aliphatic rings. The van der Waals surface area contributed by atoms with Crippen LogP contribution in [0.2, 0.25) is 0 Å². The van der Waals surface area contributed by atoms with Crippen LogP contribution in [0.1, 0.15) is 28.4 Å². The number of nitrogens with one attached hydrogen (secondary N) is 1. The van der Waals surface area contributed by atoms with Crippen molar-refractivity contribution in [2.24, 2.45) is 0 Å². The van der Waals surface area contributed by atoms with Crippen LogP contribution in [0.5, 0.6) is 0 Å². The van der Waals surface area contributed by atoms with Gasteiger partial charge in [0.15, 0.2) is 12.4 Å². The number of hydrogen-bond donors (Lipinski definition) is 1. The number of rotatable bonds is 8. The van der Waals surface area contributed by atoms with Crippen molar-refractivity contribution in [3.63, 3.8) is 0 Å². The van der Waals surface area contributed by atoms with Crippen LogP contribution in [0.15, 0.2) is 54.1 Å².